The molecule has 0 fully saturated rings. The summed E-state index contributed by atoms with van der Waals surface area (Å²) in [6.07, 6.45) is 0.496. The Morgan fingerprint density at radius 1 is 0.971 bits per heavy atom. The van der Waals surface area contributed by atoms with E-state index < -0.39 is 24.0 Å². The van der Waals surface area contributed by atoms with Gasteiger partial charge in [-0.25, -0.2) is 14.6 Å². The van der Waals surface area contributed by atoms with Crippen LogP contribution in [0.15, 0.2) is 66.9 Å². The Labute approximate surface area is 195 Å². The Balaban J connectivity index is 1.35. The van der Waals surface area contributed by atoms with Gasteiger partial charge < -0.3 is 20.3 Å². The predicted molar refractivity (Wildman–Crippen MR) is 124 cm³/mol. The highest BCUT2D eigenvalue weighted by Crippen LogP contribution is 2.44. The minimum atomic E-state index is -1.25. The van der Waals surface area contributed by atoms with Crippen molar-refractivity contribution in [3.63, 3.8) is 0 Å². The number of aromatic nitrogens is 1. The number of carboxylic acid groups (broad SMARTS) is 1. The van der Waals surface area contributed by atoms with Crippen molar-refractivity contribution in [3.8, 4) is 11.1 Å². The van der Waals surface area contributed by atoms with E-state index in [1.807, 2.05) is 36.4 Å². The van der Waals surface area contributed by atoms with Crippen LogP contribution < -0.4 is 10.6 Å². The summed E-state index contributed by atoms with van der Waals surface area (Å²) >= 11 is 0. The van der Waals surface area contributed by atoms with E-state index in [-0.39, 0.29) is 31.2 Å². The summed E-state index contributed by atoms with van der Waals surface area (Å²) in [4.78, 5) is 39.6. The first kappa shape index (κ1) is 22.9. The number of benzene rings is 2. The molecule has 2 aromatic carbocycles. The van der Waals surface area contributed by atoms with Crippen LogP contribution in [0, 0.1) is 0 Å². The Bertz CT molecular complexity index is 1170. The molecule has 9 heteroatoms. The number of anilines is 1. The van der Waals surface area contributed by atoms with Crippen molar-refractivity contribution >= 4 is 23.7 Å². The third kappa shape index (κ3) is 4.89. The molecular formula is C25H23N3O6. The molecule has 0 saturated heterocycles. The molecule has 0 aliphatic heterocycles. The van der Waals surface area contributed by atoms with Crippen molar-refractivity contribution < 1.29 is 29.3 Å². The first-order chi connectivity index (χ1) is 16.5. The number of ether oxygens (including phenoxy) is 1. The van der Waals surface area contributed by atoms with Gasteiger partial charge in [-0.15, -0.1) is 0 Å². The van der Waals surface area contributed by atoms with E-state index in [0.29, 0.717) is 5.69 Å². The Kier molecular flexibility index (Phi) is 6.84. The number of aliphatic hydroxyl groups is 1. The zero-order valence-electron chi connectivity index (χ0n) is 18.1. The molecule has 0 spiro atoms. The maximum atomic E-state index is 12.4. The number of carbonyl (C=O) groups excluding carboxylic acids is 2. The number of aliphatic carboxylic acids is 1. The van der Waals surface area contributed by atoms with Crippen LogP contribution in [0.2, 0.25) is 0 Å². The zero-order chi connectivity index (χ0) is 24.1. The standard InChI is InChI=1S/C25H23N3O6/c29-12-11-22(24(31)32)28-23(30)21-10-9-15(13-26-21)27-25(33)34-14-20-18-7-3-1-5-16(18)17-6-2-4-8-19(17)20/h1-10,13,20,22,29H,11-12,14H2,(H,27,33)(H,28,30)(H,31,32)/t22-/m1/s1. The molecule has 1 atom stereocenters. The van der Waals surface area contributed by atoms with Gasteiger partial charge in [0.2, 0.25) is 0 Å². The van der Waals surface area contributed by atoms with Crippen LogP contribution in [0.4, 0.5) is 10.5 Å². The number of carboxylic acids is 1. The fourth-order valence-electron chi connectivity index (χ4n) is 3.97. The van der Waals surface area contributed by atoms with Gasteiger partial charge in [0.05, 0.1) is 11.9 Å². The predicted octanol–water partition coefficient (Wildman–Crippen LogP) is 3.01. The molecule has 9 nitrogen and oxygen atoms in total. The highest BCUT2D eigenvalue weighted by atomic mass is 16.5. The zero-order valence-corrected chi connectivity index (χ0v) is 18.1. The highest BCUT2D eigenvalue weighted by Gasteiger charge is 2.29. The maximum absolute atomic E-state index is 12.4. The van der Waals surface area contributed by atoms with Gasteiger partial charge in [-0.3, -0.25) is 10.1 Å². The number of hydrogen-bond acceptors (Lipinski definition) is 6. The molecule has 1 aliphatic carbocycles. The number of aliphatic hydroxyl groups excluding tert-OH is 1. The number of nitrogens with zero attached hydrogens (tertiary/aromatic N) is 1. The second-order valence-electron chi connectivity index (χ2n) is 7.76. The second kappa shape index (κ2) is 10.1. The summed E-state index contributed by atoms with van der Waals surface area (Å²) in [5.41, 5.74) is 4.77. The number of nitrogens with one attached hydrogen (secondary N) is 2. The fourth-order valence-corrected chi connectivity index (χ4v) is 3.97. The molecule has 1 aliphatic rings. The number of amides is 2. The summed E-state index contributed by atoms with van der Waals surface area (Å²) in [6, 6.07) is 17.7. The van der Waals surface area contributed by atoms with Crippen molar-refractivity contribution in [1.29, 1.82) is 0 Å². The lowest BCUT2D eigenvalue weighted by atomic mass is 9.98. The molecule has 0 unspecified atom stereocenters. The van der Waals surface area contributed by atoms with Gasteiger partial charge in [-0.2, -0.15) is 0 Å². The molecule has 4 rings (SSSR count). The van der Waals surface area contributed by atoms with Crippen molar-refractivity contribution in [2.75, 3.05) is 18.5 Å². The molecular weight excluding hydrogens is 438 g/mol. The van der Waals surface area contributed by atoms with E-state index in [1.54, 1.807) is 0 Å². The van der Waals surface area contributed by atoms with E-state index in [1.165, 1.54) is 18.3 Å². The van der Waals surface area contributed by atoms with Gasteiger partial charge >= 0.3 is 12.1 Å². The Morgan fingerprint density at radius 2 is 1.62 bits per heavy atom. The van der Waals surface area contributed by atoms with Crippen LogP contribution in [0.1, 0.15) is 34.0 Å². The normalized spacial score (nSPS) is 12.9. The molecule has 0 bridgehead atoms. The van der Waals surface area contributed by atoms with Gasteiger partial charge in [0.25, 0.3) is 5.91 Å². The van der Waals surface area contributed by atoms with Crippen LogP contribution in [0.3, 0.4) is 0 Å². The monoisotopic (exact) mass is 461 g/mol. The van der Waals surface area contributed by atoms with Crippen LogP contribution in [-0.4, -0.2) is 52.4 Å². The molecule has 4 N–H and O–H groups in total. The second-order valence-corrected chi connectivity index (χ2v) is 7.76. The van der Waals surface area contributed by atoms with Gasteiger partial charge in [-0.05, 0) is 34.4 Å². The molecule has 34 heavy (non-hydrogen) atoms. The maximum Gasteiger partial charge on any atom is 0.411 e. The lowest BCUT2D eigenvalue weighted by Gasteiger charge is -2.15. The van der Waals surface area contributed by atoms with Crippen LogP contribution >= 0.6 is 0 Å². The summed E-state index contributed by atoms with van der Waals surface area (Å²) in [6.45, 7) is -0.219. The first-order valence-corrected chi connectivity index (χ1v) is 10.7. The average molecular weight is 461 g/mol. The van der Waals surface area contributed by atoms with Crippen molar-refractivity contribution in [2.24, 2.45) is 0 Å². The SMILES string of the molecule is O=C(Nc1ccc(C(=O)N[C@H](CCO)C(=O)O)nc1)OCC1c2ccccc2-c2ccccc21. The molecule has 0 saturated carbocycles. The molecule has 174 valence electrons. The Hall–Kier alpha value is -4.24. The summed E-state index contributed by atoms with van der Waals surface area (Å²) in [7, 11) is 0. The lowest BCUT2D eigenvalue weighted by molar-refractivity contribution is -0.139. The van der Waals surface area contributed by atoms with Crippen molar-refractivity contribution in [2.45, 2.75) is 18.4 Å². The fraction of sp³-hybridized carbons (Fsp3) is 0.200. The molecule has 0 radical (unpaired) electrons. The minimum Gasteiger partial charge on any atom is -0.480 e. The molecule has 1 aromatic heterocycles. The van der Waals surface area contributed by atoms with Crippen LogP contribution in [0.25, 0.3) is 11.1 Å². The lowest BCUT2D eigenvalue weighted by Crippen LogP contribution is -2.41. The quantitative estimate of drug-likeness (QED) is 0.405. The minimum absolute atomic E-state index is 0.0257. The largest absolute Gasteiger partial charge is 0.480 e. The van der Waals surface area contributed by atoms with E-state index in [0.717, 1.165) is 22.3 Å². The average Bonchev–Trinajstić information content (AvgIpc) is 3.16. The smallest absolute Gasteiger partial charge is 0.411 e. The molecule has 1 heterocycles. The Morgan fingerprint density at radius 3 is 2.18 bits per heavy atom. The van der Waals surface area contributed by atoms with Crippen LogP contribution in [-0.2, 0) is 9.53 Å². The molecule has 2 amide bonds. The number of rotatable bonds is 8. The third-order valence-electron chi connectivity index (χ3n) is 5.61. The van der Waals surface area contributed by atoms with Crippen LogP contribution in [0.5, 0.6) is 0 Å². The summed E-state index contributed by atoms with van der Waals surface area (Å²) in [5, 5.41) is 22.9. The molecule has 3 aromatic rings. The third-order valence-corrected chi connectivity index (χ3v) is 5.61. The topological polar surface area (TPSA) is 138 Å². The number of fused-ring (bicyclic) bond motifs is 3. The number of carbonyl (C=O) groups is 3. The van der Waals surface area contributed by atoms with Gasteiger partial charge in [0.1, 0.15) is 18.3 Å². The van der Waals surface area contributed by atoms with Crippen molar-refractivity contribution in [1.82, 2.24) is 10.3 Å². The van der Waals surface area contributed by atoms with E-state index in [2.05, 4.69) is 27.8 Å². The highest BCUT2D eigenvalue weighted by molar-refractivity contribution is 5.95. The van der Waals surface area contributed by atoms with E-state index >= 15 is 0 Å². The van der Waals surface area contributed by atoms with E-state index in [4.69, 9.17) is 14.9 Å². The first-order valence-electron chi connectivity index (χ1n) is 10.7. The van der Waals surface area contributed by atoms with Gasteiger partial charge in [-0.1, -0.05) is 48.5 Å². The number of hydrogen-bond donors (Lipinski definition) is 4. The number of pyridine rings is 1. The van der Waals surface area contributed by atoms with Crippen molar-refractivity contribution in [3.05, 3.63) is 83.7 Å². The summed E-state index contributed by atoms with van der Waals surface area (Å²) < 4.78 is 5.48. The van der Waals surface area contributed by atoms with E-state index in [9.17, 15) is 14.4 Å². The summed E-state index contributed by atoms with van der Waals surface area (Å²) in [5.74, 6) is -2.02. The van der Waals surface area contributed by atoms with Gasteiger partial charge in [0, 0.05) is 18.9 Å². The van der Waals surface area contributed by atoms with Gasteiger partial charge in [0.15, 0.2) is 0 Å².